The summed E-state index contributed by atoms with van der Waals surface area (Å²) in [5.41, 5.74) is 0.651. The quantitative estimate of drug-likeness (QED) is 0.518. The minimum atomic E-state index is -0.257. The van der Waals surface area contributed by atoms with Crippen molar-refractivity contribution in [2.75, 3.05) is 6.61 Å². The van der Waals surface area contributed by atoms with Crippen molar-refractivity contribution in [1.82, 2.24) is 5.01 Å². The van der Waals surface area contributed by atoms with E-state index in [1.54, 1.807) is 12.1 Å². The topological polar surface area (TPSA) is 79.2 Å². The van der Waals surface area contributed by atoms with E-state index in [4.69, 9.17) is 4.74 Å². The molecule has 1 aliphatic heterocycles. The van der Waals surface area contributed by atoms with Gasteiger partial charge in [-0.15, -0.1) is 0 Å². The fourth-order valence-corrected chi connectivity index (χ4v) is 4.18. The maximum absolute atomic E-state index is 12.7. The summed E-state index contributed by atoms with van der Waals surface area (Å²) in [4.78, 5) is 25.4. The molecule has 25 heavy (non-hydrogen) atoms. The Bertz CT molecular complexity index is 754. The van der Waals surface area contributed by atoms with E-state index in [1.165, 1.54) is 12.3 Å². The molecule has 0 aromatic heterocycles. The highest BCUT2D eigenvalue weighted by Gasteiger charge is 2.56. The van der Waals surface area contributed by atoms with Gasteiger partial charge in [-0.3, -0.25) is 9.59 Å². The molecular formula is C19H20N2O4. The van der Waals surface area contributed by atoms with Gasteiger partial charge in [-0.2, -0.15) is 10.1 Å². The number of nitrogens with zero attached hydrogens (tertiary/aromatic N) is 2. The average molecular weight is 340 g/mol. The Hall–Kier alpha value is -2.63. The maximum atomic E-state index is 12.7. The number of allylic oxidation sites excluding steroid dienone is 2. The van der Waals surface area contributed by atoms with E-state index < -0.39 is 0 Å². The zero-order chi connectivity index (χ0) is 17.6. The first-order valence-corrected chi connectivity index (χ1v) is 8.66. The first-order valence-electron chi connectivity index (χ1n) is 8.66. The smallest absolute Gasteiger partial charge is 0.254 e. The molecule has 5 rings (SSSR count). The van der Waals surface area contributed by atoms with Crippen LogP contribution in [-0.4, -0.2) is 34.8 Å². The summed E-state index contributed by atoms with van der Waals surface area (Å²) in [6.45, 7) is 2.25. The van der Waals surface area contributed by atoms with E-state index in [2.05, 4.69) is 17.3 Å². The van der Waals surface area contributed by atoms with Crippen molar-refractivity contribution >= 4 is 18.0 Å². The lowest BCUT2D eigenvalue weighted by atomic mass is 9.63. The van der Waals surface area contributed by atoms with Crippen LogP contribution in [0.4, 0.5) is 0 Å². The molecule has 1 heterocycles. The molecule has 2 bridgehead atoms. The van der Waals surface area contributed by atoms with Crippen molar-refractivity contribution in [3.63, 3.8) is 0 Å². The molecule has 1 saturated heterocycles. The van der Waals surface area contributed by atoms with Gasteiger partial charge in [0.2, 0.25) is 0 Å². The summed E-state index contributed by atoms with van der Waals surface area (Å²) < 4.78 is 5.34. The number of rotatable bonds is 4. The summed E-state index contributed by atoms with van der Waals surface area (Å²) in [7, 11) is 0. The van der Waals surface area contributed by atoms with Crippen molar-refractivity contribution in [3.05, 3.63) is 35.9 Å². The maximum Gasteiger partial charge on any atom is 0.254 e. The standard InChI is InChI=1S/C19H20N2O4/c1-2-25-15-9-11(3-8-14(15)22)10-20-21-18(23)16-12-4-5-13(7-6-12)17(16)19(21)24/h3-5,8-10,12-13,16-17,22H,2,6-7H2,1H3/b20-10-/t12-,13-,16+,17+/m1/s1. The molecule has 6 heteroatoms. The van der Waals surface area contributed by atoms with Gasteiger partial charge in [0.05, 0.1) is 24.7 Å². The molecule has 130 valence electrons. The lowest BCUT2D eigenvalue weighted by molar-refractivity contribution is -0.140. The van der Waals surface area contributed by atoms with Gasteiger partial charge in [0.15, 0.2) is 11.5 Å². The second kappa shape index (κ2) is 6.02. The van der Waals surface area contributed by atoms with Gasteiger partial charge in [-0.1, -0.05) is 12.2 Å². The SMILES string of the molecule is CCOc1cc(/C=N\N2C(=O)[C@@H]3[C@@H](C2=O)[C@@H]2C=C[C@@H]3CC2)ccc1O. The van der Waals surface area contributed by atoms with Crippen LogP contribution < -0.4 is 4.74 Å². The minimum Gasteiger partial charge on any atom is -0.504 e. The number of carbonyl (C=O) groups is 2. The first-order chi connectivity index (χ1) is 12.1. The van der Waals surface area contributed by atoms with Crippen LogP contribution >= 0.6 is 0 Å². The molecule has 0 unspecified atom stereocenters. The largest absolute Gasteiger partial charge is 0.504 e. The molecule has 0 spiro atoms. The van der Waals surface area contributed by atoms with Crippen LogP contribution in [0.25, 0.3) is 0 Å². The Kier molecular flexibility index (Phi) is 3.82. The molecule has 4 atom stereocenters. The molecule has 4 aliphatic rings. The predicted molar refractivity (Wildman–Crippen MR) is 91.1 cm³/mol. The summed E-state index contributed by atoms with van der Waals surface area (Å²) in [6, 6.07) is 4.79. The van der Waals surface area contributed by atoms with Crippen molar-refractivity contribution in [2.45, 2.75) is 19.8 Å². The Morgan fingerprint density at radius 2 is 1.84 bits per heavy atom. The fraction of sp³-hybridized carbons (Fsp3) is 0.421. The van der Waals surface area contributed by atoms with Gasteiger partial charge in [-0.25, -0.2) is 0 Å². The van der Waals surface area contributed by atoms with Crippen molar-refractivity contribution < 1.29 is 19.4 Å². The van der Waals surface area contributed by atoms with E-state index in [0.29, 0.717) is 17.9 Å². The molecule has 1 saturated carbocycles. The highest BCUT2D eigenvalue weighted by molar-refractivity contribution is 6.06. The van der Waals surface area contributed by atoms with E-state index in [1.807, 2.05) is 6.92 Å². The Morgan fingerprint density at radius 3 is 2.40 bits per heavy atom. The third-order valence-corrected chi connectivity index (χ3v) is 5.34. The molecular weight excluding hydrogens is 320 g/mol. The fourth-order valence-electron chi connectivity index (χ4n) is 4.18. The van der Waals surface area contributed by atoms with E-state index >= 15 is 0 Å². The van der Waals surface area contributed by atoms with E-state index in [9.17, 15) is 14.7 Å². The van der Waals surface area contributed by atoms with Crippen LogP contribution in [0.2, 0.25) is 0 Å². The van der Waals surface area contributed by atoms with Gasteiger partial charge >= 0.3 is 0 Å². The number of hydrogen-bond donors (Lipinski definition) is 1. The molecule has 6 nitrogen and oxygen atoms in total. The number of carbonyl (C=O) groups excluding carboxylic acids is 2. The summed E-state index contributed by atoms with van der Waals surface area (Å²) in [5, 5.41) is 14.9. The normalized spacial score (nSPS) is 30.4. The lowest BCUT2D eigenvalue weighted by Gasteiger charge is -2.37. The Balaban J connectivity index is 1.57. The molecule has 2 fully saturated rings. The summed E-state index contributed by atoms with van der Waals surface area (Å²) in [5.74, 6) is -0.209. The Labute approximate surface area is 145 Å². The molecule has 1 aromatic carbocycles. The third-order valence-electron chi connectivity index (χ3n) is 5.34. The number of aromatic hydroxyl groups is 1. The molecule has 2 amide bonds. The molecule has 0 radical (unpaired) electrons. The number of phenols is 1. The summed E-state index contributed by atoms with van der Waals surface area (Å²) in [6.07, 6.45) is 7.57. The van der Waals surface area contributed by atoms with Crippen molar-refractivity contribution in [1.29, 1.82) is 0 Å². The monoisotopic (exact) mass is 340 g/mol. The van der Waals surface area contributed by atoms with E-state index in [0.717, 1.165) is 17.9 Å². The van der Waals surface area contributed by atoms with Gasteiger partial charge in [0, 0.05) is 0 Å². The molecule has 1 N–H and O–H groups in total. The predicted octanol–water partition coefficient (Wildman–Crippen LogP) is 2.32. The first kappa shape index (κ1) is 15.9. The van der Waals surface area contributed by atoms with Crippen molar-refractivity contribution in [2.24, 2.45) is 28.8 Å². The number of phenolic OH excluding ortho intramolecular Hbond substituents is 1. The van der Waals surface area contributed by atoms with Crippen LogP contribution in [0.3, 0.4) is 0 Å². The third kappa shape index (κ3) is 2.52. The van der Waals surface area contributed by atoms with Gasteiger partial charge in [0.1, 0.15) is 0 Å². The Morgan fingerprint density at radius 1 is 1.20 bits per heavy atom. The highest BCUT2D eigenvalue weighted by atomic mass is 16.5. The van der Waals surface area contributed by atoms with Gasteiger partial charge in [0.25, 0.3) is 11.8 Å². The second-order valence-electron chi connectivity index (χ2n) is 6.73. The number of benzene rings is 1. The van der Waals surface area contributed by atoms with Crippen molar-refractivity contribution in [3.8, 4) is 11.5 Å². The average Bonchev–Trinajstić information content (AvgIpc) is 2.90. The lowest BCUT2D eigenvalue weighted by Crippen LogP contribution is -2.38. The minimum absolute atomic E-state index is 0.0426. The highest BCUT2D eigenvalue weighted by Crippen LogP contribution is 2.49. The number of hydrogen-bond acceptors (Lipinski definition) is 5. The second-order valence-corrected chi connectivity index (χ2v) is 6.73. The number of fused-ring (bicyclic) bond motifs is 1. The number of imide groups is 1. The number of amides is 2. The van der Waals surface area contributed by atoms with Crippen LogP contribution in [0, 0.1) is 23.7 Å². The van der Waals surface area contributed by atoms with Gasteiger partial charge < -0.3 is 9.84 Å². The molecule has 1 aromatic rings. The number of ether oxygens (including phenoxy) is 1. The van der Waals surface area contributed by atoms with Crippen LogP contribution in [-0.2, 0) is 9.59 Å². The van der Waals surface area contributed by atoms with Crippen LogP contribution in [0.5, 0.6) is 11.5 Å². The van der Waals surface area contributed by atoms with Crippen LogP contribution in [0.1, 0.15) is 25.3 Å². The van der Waals surface area contributed by atoms with Crippen LogP contribution in [0.15, 0.2) is 35.5 Å². The zero-order valence-electron chi connectivity index (χ0n) is 14.0. The van der Waals surface area contributed by atoms with Gasteiger partial charge in [-0.05, 0) is 55.4 Å². The number of hydrazone groups is 1. The molecule has 3 aliphatic carbocycles. The summed E-state index contributed by atoms with van der Waals surface area (Å²) >= 11 is 0. The van der Waals surface area contributed by atoms with E-state index in [-0.39, 0.29) is 41.2 Å². The zero-order valence-corrected chi connectivity index (χ0v) is 14.0.